The first-order valence-electron chi connectivity index (χ1n) is 7.07. The quantitative estimate of drug-likeness (QED) is 0.766. The van der Waals surface area contributed by atoms with Crippen molar-refractivity contribution in [3.63, 3.8) is 0 Å². The third kappa shape index (κ3) is 3.98. The standard InChI is InChI=1S/C14H22N2O3/c17-13(18)12-7-4-8-16(10-12)14(19)15-9-11-5-2-1-3-6-11/h1-2,11-12H,3-10H2,(H,15,19)(H,17,18). The summed E-state index contributed by atoms with van der Waals surface area (Å²) >= 11 is 0. The number of carbonyl (C=O) groups is 2. The van der Waals surface area contributed by atoms with Gasteiger partial charge in [0.15, 0.2) is 0 Å². The normalized spacial score (nSPS) is 27.1. The Morgan fingerprint density at radius 1 is 1.32 bits per heavy atom. The number of hydrogen-bond acceptors (Lipinski definition) is 2. The summed E-state index contributed by atoms with van der Waals surface area (Å²) < 4.78 is 0. The molecule has 1 saturated heterocycles. The molecule has 2 aliphatic rings. The highest BCUT2D eigenvalue weighted by atomic mass is 16.4. The summed E-state index contributed by atoms with van der Waals surface area (Å²) in [5.74, 6) is -0.680. The molecule has 106 valence electrons. The Hall–Kier alpha value is -1.52. The fourth-order valence-electron chi connectivity index (χ4n) is 2.75. The van der Waals surface area contributed by atoms with Crippen molar-refractivity contribution in [1.82, 2.24) is 10.2 Å². The van der Waals surface area contributed by atoms with Crippen LogP contribution in [0, 0.1) is 11.8 Å². The van der Waals surface area contributed by atoms with Crippen molar-refractivity contribution in [3.05, 3.63) is 12.2 Å². The van der Waals surface area contributed by atoms with E-state index in [0.717, 1.165) is 25.7 Å². The summed E-state index contributed by atoms with van der Waals surface area (Å²) in [4.78, 5) is 24.6. The lowest BCUT2D eigenvalue weighted by molar-refractivity contribution is -0.143. The number of nitrogens with one attached hydrogen (secondary N) is 1. The molecular weight excluding hydrogens is 244 g/mol. The Kier molecular flexibility index (Phi) is 4.82. The number of piperidine rings is 1. The van der Waals surface area contributed by atoms with Crippen LogP contribution >= 0.6 is 0 Å². The van der Waals surface area contributed by atoms with E-state index >= 15 is 0 Å². The first-order valence-corrected chi connectivity index (χ1v) is 7.07. The molecule has 0 spiro atoms. The lowest BCUT2D eigenvalue weighted by atomic mass is 9.94. The van der Waals surface area contributed by atoms with Gasteiger partial charge in [-0.05, 0) is 38.0 Å². The Labute approximate surface area is 113 Å². The fourth-order valence-corrected chi connectivity index (χ4v) is 2.75. The maximum atomic E-state index is 12.0. The van der Waals surface area contributed by atoms with Gasteiger partial charge in [-0.1, -0.05) is 12.2 Å². The topological polar surface area (TPSA) is 69.6 Å². The minimum atomic E-state index is -0.796. The number of aliphatic carboxylic acids is 1. The molecule has 2 atom stereocenters. The molecule has 5 heteroatoms. The van der Waals surface area contributed by atoms with Crippen LogP contribution in [0.25, 0.3) is 0 Å². The smallest absolute Gasteiger partial charge is 0.317 e. The molecule has 0 bridgehead atoms. The number of carboxylic acids is 1. The lowest BCUT2D eigenvalue weighted by Crippen LogP contribution is -2.48. The van der Waals surface area contributed by atoms with E-state index in [1.165, 1.54) is 0 Å². The average molecular weight is 266 g/mol. The van der Waals surface area contributed by atoms with Gasteiger partial charge in [0, 0.05) is 19.6 Å². The van der Waals surface area contributed by atoms with Crippen molar-refractivity contribution in [2.24, 2.45) is 11.8 Å². The maximum Gasteiger partial charge on any atom is 0.317 e. The monoisotopic (exact) mass is 266 g/mol. The average Bonchev–Trinajstić information content (AvgIpc) is 2.46. The highest BCUT2D eigenvalue weighted by Crippen LogP contribution is 2.18. The van der Waals surface area contributed by atoms with Crippen LogP contribution in [0.4, 0.5) is 4.79 Å². The zero-order valence-corrected chi connectivity index (χ0v) is 11.2. The van der Waals surface area contributed by atoms with Crippen molar-refractivity contribution in [2.45, 2.75) is 32.1 Å². The van der Waals surface area contributed by atoms with Gasteiger partial charge in [0.25, 0.3) is 0 Å². The van der Waals surface area contributed by atoms with Crippen LogP contribution < -0.4 is 5.32 Å². The Bertz CT molecular complexity index is 368. The minimum Gasteiger partial charge on any atom is -0.481 e. The Morgan fingerprint density at radius 3 is 2.84 bits per heavy atom. The van der Waals surface area contributed by atoms with Crippen molar-refractivity contribution in [3.8, 4) is 0 Å². The highest BCUT2D eigenvalue weighted by molar-refractivity contribution is 5.76. The van der Waals surface area contributed by atoms with Crippen LogP contribution in [0.2, 0.25) is 0 Å². The van der Waals surface area contributed by atoms with E-state index in [0.29, 0.717) is 32.0 Å². The van der Waals surface area contributed by atoms with Gasteiger partial charge < -0.3 is 15.3 Å². The number of carboxylic acid groups (broad SMARTS) is 1. The van der Waals surface area contributed by atoms with Gasteiger partial charge in [0.05, 0.1) is 5.92 Å². The third-order valence-corrected chi connectivity index (χ3v) is 3.98. The molecule has 1 heterocycles. The third-order valence-electron chi connectivity index (χ3n) is 3.98. The van der Waals surface area contributed by atoms with Crippen LogP contribution in [0.5, 0.6) is 0 Å². The number of amides is 2. The molecule has 5 nitrogen and oxygen atoms in total. The van der Waals surface area contributed by atoms with E-state index in [1.54, 1.807) is 4.90 Å². The first-order chi connectivity index (χ1) is 9.16. The van der Waals surface area contributed by atoms with Gasteiger partial charge in [-0.2, -0.15) is 0 Å². The summed E-state index contributed by atoms with van der Waals surface area (Å²) in [6.45, 7) is 1.70. The van der Waals surface area contributed by atoms with Crippen molar-refractivity contribution in [2.75, 3.05) is 19.6 Å². The number of urea groups is 1. The number of allylic oxidation sites excluding steroid dienone is 2. The van der Waals surface area contributed by atoms with Crippen LogP contribution in [0.15, 0.2) is 12.2 Å². The SMILES string of the molecule is O=C(O)C1CCCN(C(=O)NCC2CC=CCC2)C1. The molecule has 2 unspecified atom stereocenters. The van der Waals surface area contributed by atoms with Crippen molar-refractivity contribution in [1.29, 1.82) is 0 Å². The van der Waals surface area contributed by atoms with Gasteiger partial charge in [-0.3, -0.25) is 4.79 Å². The molecular formula is C14H22N2O3. The zero-order valence-electron chi connectivity index (χ0n) is 11.2. The second kappa shape index (κ2) is 6.59. The van der Waals surface area contributed by atoms with Gasteiger partial charge >= 0.3 is 12.0 Å². The number of hydrogen-bond donors (Lipinski definition) is 2. The summed E-state index contributed by atoms with van der Waals surface area (Å²) in [6, 6.07) is -0.111. The molecule has 0 aromatic rings. The van der Waals surface area contributed by atoms with E-state index in [9.17, 15) is 9.59 Å². The molecule has 0 aromatic heterocycles. The molecule has 1 fully saturated rings. The van der Waals surface area contributed by atoms with Gasteiger partial charge in [-0.25, -0.2) is 4.79 Å². The molecule has 0 radical (unpaired) electrons. The van der Waals surface area contributed by atoms with Crippen molar-refractivity contribution >= 4 is 12.0 Å². The summed E-state index contributed by atoms with van der Waals surface area (Å²) in [6.07, 6.45) is 9.03. The van der Waals surface area contributed by atoms with E-state index in [2.05, 4.69) is 17.5 Å². The number of likely N-dealkylation sites (tertiary alicyclic amines) is 1. The highest BCUT2D eigenvalue weighted by Gasteiger charge is 2.28. The Morgan fingerprint density at radius 2 is 2.16 bits per heavy atom. The zero-order chi connectivity index (χ0) is 13.7. The molecule has 19 heavy (non-hydrogen) atoms. The Balaban J connectivity index is 1.76. The van der Waals surface area contributed by atoms with Crippen LogP contribution in [0.3, 0.4) is 0 Å². The second-order valence-corrected chi connectivity index (χ2v) is 5.46. The van der Waals surface area contributed by atoms with E-state index in [4.69, 9.17) is 5.11 Å². The van der Waals surface area contributed by atoms with E-state index in [-0.39, 0.29) is 6.03 Å². The summed E-state index contributed by atoms with van der Waals surface area (Å²) in [7, 11) is 0. The molecule has 2 rings (SSSR count). The predicted molar refractivity (Wildman–Crippen MR) is 71.8 cm³/mol. The fraction of sp³-hybridized carbons (Fsp3) is 0.714. The number of rotatable bonds is 3. The molecule has 0 saturated carbocycles. The minimum absolute atomic E-state index is 0.111. The summed E-state index contributed by atoms with van der Waals surface area (Å²) in [5.41, 5.74) is 0. The number of carbonyl (C=O) groups excluding carboxylic acids is 1. The maximum absolute atomic E-state index is 12.0. The number of nitrogens with zero attached hydrogens (tertiary/aromatic N) is 1. The van der Waals surface area contributed by atoms with Gasteiger partial charge in [0.1, 0.15) is 0 Å². The predicted octanol–water partition coefficient (Wildman–Crippen LogP) is 1.85. The van der Waals surface area contributed by atoms with Gasteiger partial charge in [-0.15, -0.1) is 0 Å². The molecule has 2 amide bonds. The molecule has 1 aliphatic heterocycles. The van der Waals surface area contributed by atoms with Crippen LogP contribution in [-0.2, 0) is 4.79 Å². The van der Waals surface area contributed by atoms with Crippen LogP contribution in [0.1, 0.15) is 32.1 Å². The van der Waals surface area contributed by atoms with E-state index < -0.39 is 11.9 Å². The van der Waals surface area contributed by atoms with Gasteiger partial charge in [0.2, 0.25) is 0 Å². The van der Waals surface area contributed by atoms with Crippen LogP contribution in [-0.4, -0.2) is 41.6 Å². The second-order valence-electron chi connectivity index (χ2n) is 5.46. The molecule has 1 aliphatic carbocycles. The van der Waals surface area contributed by atoms with Crippen molar-refractivity contribution < 1.29 is 14.7 Å². The summed E-state index contributed by atoms with van der Waals surface area (Å²) in [5, 5.41) is 11.9. The lowest BCUT2D eigenvalue weighted by Gasteiger charge is -2.31. The largest absolute Gasteiger partial charge is 0.481 e. The molecule has 2 N–H and O–H groups in total. The first kappa shape index (κ1) is 13.9. The van der Waals surface area contributed by atoms with E-state index in [1.807, 2.05) is 0 Å². The molecule has 0 aromatic carbocycles.